The second-order valence-corrected chi connectivity index (χ2v) is 6.49. The second-order valence-electron chi connectivity index (χ2n) is 5.55. The smallest absolute Gasteiger partial charge is 0.273 e. The number of nitrogens with one attached hydrogen (secondary N) is 1. The van der Waals surface area contributed by atoms with Gasteiger partial charge in [0.15, 0.2) is 0 Å². The summed E-state index contributed by atoms with van der Waals surface area (Å²) in [5.74, 6) is -0.125. The minimum atomic E-state index is -0.105. The third kappa shape index (κ3) is 5.44. The number of halogens is 1. The third-order valence-corrected chi connectivity index (χ3v) is 4.67. The number of nitrogens with two attached hydrogens (primary N) is 1. The zero-order valence-electron chi connectivity index (χ0n) is 13.4. The van der Waals surface area contributed by atoms with Gasteiger partial charge in [-0.3, -0.25) is 9.59 Å². The van der Waals surface area contributed by atoms with Crippen LogP contribution in [0.4, 0.5) is 0 Å². The van der Waals surface area contributed by atoms with E-state index in [0.717, 1.165) is 24.3 Å². The zero-order chi connectivity index (χ0) is 15.9. The van der Waals surface area contributed by atoms with E-state index in [-0.39, 0.29) is 30.1 Å². The Labute approximate surface area is 147 Å². The topological polar surface area (TPSA) is 88.3 Å². The molecule has 6 nitrogen and oxygen atoms in total. The lowest BCUT2D eigenvalue weighted by Crippen LogP contribution is -2.45. The molecule has 1 saturated heterocycles. The summed E-state index contributed by atoms with van der Waals surface area (Å²) in [4.78, 5) is 30.7. The summed E-state index contributed by atoms with van der Waals surface area (Å²) < 4.78 is 0. The number of likely N-dealkylation sites (tertiary alicyclic amines) is 1. The number of piperidine rings is 1. The van der Waals surface area contributed by atoms with Crippen molar-refractivity contribution in [1.29, 1.82) is 0 Å². The first-order valence-corrected chi connectivity index (χ1v) is 8.75. The van der Waals surface area contributed by atoms with Gasteiger partial charge in [0.1, 0.15) is 5.69 Å². The lowest BCUT2D eigenvalue weighted by molar-refractivity contribution is -0.126. The molecule has 2 amide bonds. The predicted octanol–water partition coefficient (Wildman–Crippen LogP) is 1.44. The molecule has 3 N–H and O–H groups in total. The summed E-state index contributed by atoms with van der Waals surface area (Å²) >= 11 is 1.47. The molecule has 1 aliphatic rings. The van der Waals surface area contributed by atoms with Crippen LogP contribution in [0.15, 0.2) is 5.38 Å². The number of amides is 2. The van der Waals surface area contributed by atoms with Gasteiger partial charge in [-0.15, -0.1) is 23.7 Å². The van der Waals surface area contributed by atoms with Gasteiger partial charge < -0.3 is 16.0 Å². The molecule has 1 aromatic heterocycles. The van der Waals surface area contributed by atoms with Gasteiger partial charge in [0, 0.05) is 31.4 Å². The van der Waals surface area contributed by atoms with Crippen molar-refractivity contribution in [3.63, 3.8) is 0 Å². The maximum atomic E-state index is 12.5. The molecular formula is C15H25ClN4O2S. The number of carbonyl (C=O) groups excluding carboxylic acids is 2. The fourth-order valence-corrected chi connectivity index (χ4v) is 3.37. The Morgan fingerprint density at radius 1 is 1.52 bits per heavy atom. The molecule has 0 saturated carbocycles. The van der Waals surface area contributed by atoms with E-state index in [1.807, 2.05) is 6.92 Å². The minimum Gasteiger partial charge on any atom is -0.356 e. The summed E-state index contributed by atoms with van der Waals surface area (Å²) in [5, 5.41) is 5.59. The number of carbonyl (C=O) groups is 2. The standard InChI is InChI=1S/C15H24N4O2S.ClH/c1-2-7-17-14(20)11-4-3-8-19(9-11)15(21)12-10-22-13(18-12)5-6-16;/h10-11H,2-9,16H2,1H3,(H,17,20);1H. The van der Waals surface area contributed by atoms with E-state index in [1.165, 1.54) is 11.3 Å². The molecule has 1 aliphatic heterocycles. The van der Waals surface area contributed by atoms with Crippen molar-refractivity contribution < 1.29 is 9.59 Å². The highest BCUT2D eigenvalue weighted by Crippen LogP contribution is 2.20. The molecule has 8 heteroatoms. The molecule has 1 unspecified atom stereocenters. The summed E-state index contributed by atoms with van der Waals surface area (Å²) in [6.07, 6.45) is 3.31. The number of rotatable bonds is 6. The van der Waals surface area contributed by atoms with E-state index in [0.29, 0.717) is 38.3 Å². The first kappa shape index (κ1) is 19.9. The summed E-state index contributed by atoms with van der Waals surface area (Å²) in [5.41, 5.74) is 5.98. The molecule has 0 aromatic carbocycles. The van der Waals surface area contributed by atoms with Crippen molar-refractivity contribution in [2.75, 3.05) is 26.2 Å². The van der Waals surface area contributed by atoms with Gasteiger partial charge in [0.2, 0.25) is 5.91 Å². The SMILES string of the molecule is CCCNC(=O)C1CCCN(C(=O)c2csc(CCN)n2)C1.Cl. The number of nitrogens with zero attached hydrogens (tertiary/aromatic N) is 2. The van der Waals surface area contributed by atoms with Gasteiger partial charge in [0.05, 0.1) is 10.9 Å². The Hall–Kier alpha value is -1.18. The van der Waals surface area contributed by atoms with Gasteiger partial charge in [-0.25, -0.2) is 4.98 Å². The van der Waals surface area contributed by atoms with Crippen LogP contribution in [0, 0.1) is 5.92 Å². The number of hydrogen-bond acceptors (Lipinski definition) is 5. The van der Waals surface area contributed by atoms with E-state index in [9.17, 15) is 9.59 Å². The van der Waals surface area contributed by atoms with Crippen LogP contribution < -0.4 is 11.1 Å². The maximum Gasteiger partial charge on any atom is 0.273 e. The Kier molecular flexibility index (Phi) is 8.51. The average molecular weight is 361 g/mol. The van der Waals surface area contributed by atoms with Gasteiger partial charge in [-0.1, -0.05) is 6.92 Å². The summed E-state index contributed by atoms with van der Waals surface area (Å²) in [7, 11) is 0. The Balaban J connectivity index is 0.00000264. The van der Waals surface area contributed by atoms with E-state index in [1.54, 1.807) is 10.3 Å². The molecule has 1 fully saturated rings. The highest BCUT2D eigenvalue weighted by atomic mass is 35.5. The fraction of sp³-hybridized carbons (Fsp3) is 0.667. The van der Waals surface area contributed by atoms with Crippen LogP contribution in [0.3, 0.4) is 0 Å². The van der Waals surface area contributed by atoms with Gasteiger partial charge in [-0.2, -0.15) is 0 Å². The largest absolute Gasteiger partial charge is 0.356 e. The molecule has 23 heavy (non-hydrogen) atoms. The van der Waals surface area contributed by atoms with E-state index in [4.69, 9.17) is 5.73 Å². The van der Waals surface area contributed by atoms with Crippen LogP contribution in [0.25, 0.3) is 0 Å². The molecule has 2 rings (SSSR count). The summed E-state index contributed by atoms with van der Waals surface area (Å²) in [6, 6.07) is 0. The molecule has 130 valence electrons. The molecule has 0 aliphatic carbocycles. The Morgan fingerprint density at radius 3 is 3.00 bits per heavy atom. The highest BCUT2D eigenvalue weighted by molar-refractivity contribution is 7.09. The zero-order valence-corrected chi connectivity index (χ0v) is 15.0. The van der Waals surface area contributed by atoms with Crippen LogP contribution in [-0.4, -0.2) is 47.9 Å². The first-order valence-electron chi connectivity index (χ1n) is 7.87. The van der Waals surface area contributed by atoms with Crippen molar-refractivity contribution in [2.45, 2.75) is 32.6 Å². The molecule has 0 bridgehead atoms. The lowest BCUT2D eigenvalue weighted by atomic mass is 9.97. The third-order valence-electron chi connectivity index (χ3n) is 3.76. The average Bonchev–Trinajstić information content (AvgIpc) is 3.01. The van der Waals surface area contributed by atoms with Crippen LogP contribution in [0.2, 0.25) is 0 Å². The van der Waals surface area contributed by atoms with Gasteiger partial charge >= 0.3 is 0 Å². The van der Waals surface area contributed by atoms with Crippen molar-refractivity contribution in [2.24, 2.45) is 11.7 Å². The van der Waals surface area contributed by atoms with Crippen LogP contribution in [-0.2, 0) is 11.2 Å². The van der Waals surface area contributed by atoms with Crippen LogP contribution >= 0.6 is 23.7 Å². The molecule has 0 radical (unpaired) electrons. The number of thiazole rings is 1. The Bertz CT molecular complexity index is 523. The van der Waals surface area contributed by atoms with E-state index in [2.05, 4.69) is 10.3 Å². The van der Waals surface area contributed by atoms with Crippen molar-refractivity contribution >= 4 is 35.6 Å². The highest BCUT2D eigenvalue weighted by Gasteiger charge is 2.29. The second kappa shape index (κ2) is 9.85. The number of aromatic nitrogens is 1. The number of hydrogen-bond donors (Lipinski definition) is 2. The first-order chi connectivity index (χ1) is 10.7. The predicted molar refractivity (Wildman–Crippen MR) is 94.0 cm³/mol. The molecule has 2 heterocycles. The minimum absolute atomic E-state index is 0. The van der Waals surface area contributed by atoms with Crippen LogP contribution in [0.1, 0.15) is 41.7 Å². The maximum absolute atomic E-state index is 12.5. The molecule has 1 atom stereocenters. The quantitative estimate of drug-likeness (QED) is 0.803. The van der Waals surface area contributed by atoms with Crippen LogP contribution in [0.5, 0.6) is 0 Å². The van der Waals surface area contributed by atoms with Gasteiger partial charge in [-0.05, 0) is 25.8 Å². The monoisotopic (exact) mass is 360 g/mol. The normalized spacial score (nSPS) is 17.5. The van der Waals surface area contributed by atoms with Crippen molar-refractivity contribution in [3.05, 3.63) is 16.1 Å². The lowest BCUT2D eigenvalue weighted by Gasteiger charge is -2.31. The van der Waals surface area contributed by atoms with E-state index >= 15 is 0 Å². The Morgan fingerprint density at radius 2 is 2.30 bits per heavy atom. The summed E-state index contributed by atoms with van der Waals surface area (Å²) in [6.45, 7) is 4.43. The molecule has 0 spiro atoms. The van der Waals surface area contributed by atoms with Gasteiger partial charge in [0.25, 0.3) is 5.91 Å². The van der Waals surface area contributed by atoms with Crippen molar-refractivity contribution in [3.8, 4) is 0 Å². The molecule has 1 aromatic rings. The fourth-order valence-electron chi connectivity index (χ4n) is 2.58. The molecular weight excluding hydrogens is 336 g/mol. The van der Waals surface area contributed by atoms with Crippen molar-refractivity contribution in [1.82, 2.24) is 15.2 Å². The van der Waals surface area contributed by atoms with E-state index < -0.39 is 0 Å².